The van der Waals surface area contributed by atoms with E-state index < -0.39 is 0 Å². The summed E-state index contributed by atoms with van der Waals surface area (Å²) in [4.78, 5) is 0. The van der Waals surface area contributed by atoms with E-state index >= 15 is 0 Å². The van der Waals surface area contributed by atoms with Gasteiger partial charge in [0.1, 0.15) is 0 Å². The molecule has 62 valence electrons. The molecule has 1 aliphatic carbocycles. The number of allylic oxidation sites excluding steroid dienone is 4. The first-order chi connectivity index (χ1) is 6.36. The average Bonchev–Trinajstić information content (AvgIpc) is 2.20. The minimum atomic E-state index is 0.555. The third-order valence-electron chi connectivity index (χ3n) is 1.99. The standard InChI is InChI=1S/C12H10N/c13-12-8-6-11(7-9-12)10-4-2-1-3-5-10/h1-9,13H/q+1. The minimum Gasteiger partial charge on any atom is -0.275 e. The van der Waals surface area contributed by atoms with Gasteiger partial charge < -0.3 is 0 Å². The number of hydrogen-bond donors (Lipinski definition) is 1. The summed E-state index contributed by atoms with van der Waals surface area (Å²) >= 11 is 0. The highest BCUT2D eigenvalue weighted by Crippen LogP contribution is 2.18. The van der Waals surface area contributed by atoms with Crippen LogP contribution in [0, 0.1) is 11.8 Å². The summed E-state index contributed by atoms with van der Waals surface area (Å²) in [5.41, 5.74) is 2.92. The molecular weight excluding hydrogens is 158 g/mol. The van der Waals surface area contributed by atoms with E-state index in [1.54, 1.807) is 0 Å². The van der Waals surface area contributed by atoms with Crippen LogP contribution in [0.25, 0.3) is 5.57 Å². The summed E-state index contributed by atoms with van der Waals surface area (Å²) in [5.74, 6) is 0. The molecule has 2 rings (SSSR count). The Bertz CT molecular complexity index is 371. The number of nitrogens with one attached hydrogen (secondary N) is 1. The van der Waals surface area contributed by atoms with Crippen LogP contribution in [0.15, 0.2) is 48.6 Å². The van der Waals surface area contributed by atoms with Crippen LogP contribution < -0.4 is 0 Å². The molecule has 0 heterocycles. The van der Waals surface area contributed by atoms with Crippen molar-refractivity contribution < 1.29 is 0 Å². The van der Waals surface area contributed by atoms with Gasteiger partial charge in [-0.1, -0.05) is 18.2 Å². The van der Waals surface area contributed by atoms with Gasteiger partial charge in [-0.2, -0.15) is 0 Å². The van der Waals surface area contributed by atoms with E-state index in [4.69, 9.17) is 5.41 Å². The quantitative estimate of drug-likeness (QED) is 0.623. The molecule has 0 saturated carbocycles. The molecule has 1 aromatic rings. The summed E-state index contributed by atoms with van der Waals surface area (Å²) in [6, 6.07) is 10.2. The zero-order chi connectivity index (χ0) is 9.10. The molecule has 0 saturated heterocycles. The first-order valence-electron chi connectivity index (χ1n) is 4.23. The molecule has 0 amide bonds. The van der Waals surface area contributed by atoms with Crippen molar-refractivity contribution in [3.8, 4) is 0 Å². The molecule has 0 fully saturated rings. The lowest BCUT2D eigenvalue weighted by Gasteiger charge is -1.98. The predicted octanol–water partition coefficient (Wildman–Crippen LogP) is 2.86. The van der Waals surface area contributed by atoms with Gasteiger partial charge in [0.05, 0.1) is 30.2 Å². The summed E-state index contributed by atoms with van der Waals surface area (Å²) in [6.45, 7) is 0. The SMILES string of the molecule is N=C1C=CC(c2ccccc2)=C[CH+]1. The highest BCUT2D eigenvalue weighted by molar-refractivity contribution is 6.06. The van der Waals surface area contributed by atoms with Crippen molar-refractivity contribution in [2.24, 2.45) is 0 Å². The fraction of sp³-hybridized carbons (Fsp3) is 0. The third kappa shape index (κ3) is 1.70. The Balaban J connectivity index is 2.30. The van der Waals surface area contributed by atoms with Gasteiger partial charge in [0.2, 0.25) is 0 Å². The maximum absolute atomic E-state index is 7.35. The Morgan fingerprint density at radius 3 is 2.38 bits per heavy atom. The first kappa shape index (κ1) is 7.87. The molecule has 0 bridgehead atoms. The summed E-state index contributed by atoms with van der Waals surface area (Å²) in [6.07, 6.45) is 7.56. The summed E-state index contributed by atoms with van der Waals surface area (Å²) in [5, 5.41) is 7.35. The fourth-order valence-corrected chi connectivity index (χ4v) is 1.29. The molecule has 0 spiro atoms. The van der Waals surface area contributed by atoms with Crippen molar-refractivity contribution in [1.82, 2.24) is 0 Å². The van der Waals surface area contributed by atoms with E-state index in [2.05, 4.69) is 12.1 Å². The third-order valence-corrected chi connectivity index (χ3v) is 1.99. The van der Waals surface area contributed by atoms with Crippen LogP contribution in [-0.4, -0.2) is 5.71 Å². The van der Waals surface area contributed by atoms with Crippen LogP contribution in [0.4, 0.5) is 0 Å². The molecule has 0 atom stereocenters. The van der Waals surface area contributed by atoms with E-state index in [-0.39, 0.29) is 0 Å². The second-order valence-corrected chi connectivity index (χ2v) is 2.94. The molecule has 1 aliphatic rings. The van der Waals surface area contributed by atoms with E-state index in [1.807, 2.05) is 42.8 Å². The van der Waals surface area contributed by atoms with Gasteiger partial charge in [0, 0.05) is 5.56 Å². The van der Waals surface area contributed by atoms with Crippen LogP contribution in [0.2, 0.25) is 0 Å². The van der Waals surface area contributed by atoms with Gasteiger partial charge in [-0.25, -0.2) is 0 Å². The normalized spacial score (nSPS) is 15.1. The molecule has 0 aromatic heterocycles. The second-order valence-electron chi connectivity index (χ2n) is 2.94. The second kappa shape index (κ2) is 3.31. The molecule has 0 radical (unpaired) electrons. The molecule has 1 heteroatoms. The average molecular weight is 168 g/mol. The smallest absolute Gasteiger partial charge is 0.165 e. The predicted molar refractivity (Wildman–Crippen MR) is 55.6 cm³/mol. The topological polar surface area (TPSA) is 23.9 Å². The van der Waals surface area contributed by atoms with Crippen molar-refractivity contribution in [2.45, 2.75) is 0 Å². The van der Waals surface area contributed by atoms with E-state index in [0.717, 1.165) is 5.57 Å². The number of hydrogen-bond acceptors (Lipinski definition) is 1. The monoisotopic (exact) mass is 168 g/mol. The van der Waals surface area contributed by atoms with Crippen molar-refractivity contribution in [1.29, 1.82) is 5.41 Å². The van der Waals surface area contributed by atoms with E-state index in [1.165, 1.54) is 5.56 Å². The van der Waals surface area contributed by atoms with Crippen molar-refractivity contribution in [3.63, 3.8) is 0 Å². The van der Waals surface area contributed by atoms with Crippen molar-refractivity contribution in [3.05, 3.63) is 60.5 Å². The lowest BCUT2D eigenvalue weighted by molar-refractivity contribution is 1.49. The Hall–Kier alpha value is -1.76. The van der Waals surface area contributed by atoms with Gasteiger partial charge in [-0.15, -0.1) is 0 Å². The van der Waals surface area contributed by atoms with Gasteiger partial charge in [0.25, 0.3) is 0 Å². The fourth-order valence-electron chi connectivity index (χ4n) is 1.29. The van der Waals surface area contributed by atoms with Crippen LogP contribution in [0.3, 0.4) is 0 Å². The van der Waals surface area contributed by atoms with Crippen LogP contribution >= 0.6 is 0 Å². The summed E-state index contributed by atoms with van der Waals surface area (Å²) < 4.78 is 0. The minimum absolute atomic E-state index is 0.555. The number of rotatable bonds is 1. The Morgan fingerprint density at radius 1 is 1.00 bits per heavy atom. The largest absolute Gasteiger partial charge is 0.275 e. The molecule has 0 unspecified atom stereocenters. The van der Waals surface area contributed by atoms with Crippen LogP contribution in [0.5, 0.6) is 0 Å². The molecule has 13 heavy (non-hydrogen) atoms. The molecule has 1 N–H and O–H groups in total. The molecule has 1 nitrogen and oxygen atoms in total. The Kier molecular flexibility index (Phi) is 2.01. The Morgan fingerprint density at radius 2 is 1.77 bits per heavy atom. The molecular formula is C12H10N+. The van der Waals surface area contributed by atoms with E-state index in [9.17, 15) is 0 Å². The van der Waals surface area contributed by atoms with Crippen molar-refractivity contribution in [2.75, 3.05) is 0 Å². The number of benzene rings is 1. The van der Waals surface area contributed by atoms with Gasteiger partial charge in [0.15, 0.2) is 5.71 Å². The molecule has 1 aromatic carbocycles. The zero-order valence-corrected chi connectivity index (χ0v) is 7.20. The molecule has 0 aliphatic heterocycles. The van der Waals surface area contributed by atoms with Gasteiger partial charge >= 0.3 is 0 Å². The zero-order valence-electron chi connectivity index (χ0n) is 7.20. The summed E-state index contributed by atoms with van der Waals surface area (Å²) in [7, 11) is 0. The van der Waals surface area contributed by atoms with Gasteiger partial charge in [-0.05, 0) is 12.1 Å². The maximum Gasteiger partial charge on any atom is 0.165 e. The van der Waals surface area contributed by atoms with E-state index in [0.29, 0.717) is 5.71 Å². The van der Waals surface area contributed by atoms with Gasteiger partial charge in [-0.3, -0.25) is 5.41 Å². The van der Waals surface area contributed by atoms with Crippen molar-refractivity contribution >= 4 is 11.3 Å². The highest BCUT2D eigenvalue weighted by Gasteiger charge is 2.10. The Labute approximate surface area is 77.9 Å². The first-order valence-corrected chi connectivity index (χ1v) is 4.23. The highest BCUT2D eigenvalue weighted by atomic mass is 14.4. The van der Waals surface area contributed by atoms with Crippen LogP contribution in [0.1, 0.15) is 5.56 Å². The lowest BCUT2D eigenvalue weighted by atomic mass is 9.99. The van der Waals surface area contributed by atoms with Crippen LogP contribution in [-0.2, 0) is 0 Å². The lowest BCUT2D eigenvalue weighted by Crippen LogP contribution is -1.95. The maximum atomic E-state index is 7.35.